The highest BCUT2D eigenvalue weighted by atomic mass is 19.1. The highest BCUT2D eigenvalue weighted by Gasteiger charge is 2.05. The fourth-order valence-electron chi connectivity index (χ4n) is 0.718. The van der Waals surface area contributed by atoms with Crippen molar-refractivity contribution in [3.05, 3.63) is 34.7 Å². The van der Waals surface area contributed by atoms with Crippen molar-refractivity contribution in [1.82, 2.24) is 4.98 Å². The Bertz CT molecular complexity index is 264. The first-order chi connectivity index (χ1) is 5.24. The molecule has 0 saturated carbocycles. The molecule has 0 aliphatic heterocycles. The van der Waals surface area contributed by atoms with Gasteiger partial charge >= 0.3 is 0 Å². The van der Waals surface area contributed by atoms with Crippen LogP contribution < -0.4 is 0 Å². The first-order valence-electron chi connectivity index (χ1n) is 3.17. The molecule has 58 valence electrons. The van der Waals surface area contributed by atoms with Crippen LogP contribution in [0.4, 0.5) is 4.39 Å². The molecule has 1 rings (SSSR count). The maximum absolute atomic E-state index is 12.5. The minimum Gasteiger partial charge on any atom is -0.261 e. The van der Waals surface area contributed by atoms with Crippen molar-refractivity contribution in [2.45, 2.75) is 13.0 Å². The summed E-state index contributed by atoms with van der Waals surface area (Å²) >= 11 is 0. The first kappa shape index (κ1) is 7.78. The Kier molecular flexibility index (Phi) is 2.25. The molecule has 1 aromatic rings. The zero-order valence-electron chi connectivity index (χ0n) is 5.99. The quantitative estimate of drug-likeness (QED) is 0.612. The highest BCUT2D eigenvalue weighted by molar-refractivity contribution is 5.13. The van der Waals surface area contributed by atoms with Crippen molar-refractivity contribution in [3.8, 4) is 0 Å². The van der Waals surface area contributed by atoms with Gasteiger partial charge in [-0.05, 0) is 13.0 Å². The summed E-state index contributed by atoms with van der Waals surface area (Å²) in [7, 11) is 0. The molecule has 0 N–H and O–H groups in total. The predicted molar refractivity (Wildman–Crippen MR) is 38.4 cm³/mol. The van der Waals surface area contributed by atoms with Crippen molar-refractivity contribution in [1.29, 1.82) is 0 Å². The number of aromatic nitrogens is 1. The number of hydrogen-bond donors (Lipinski definition) is 0. The third-order valence-electron chi connectivity index (χ3n) is 1.37. The summed E-state index contributed by atoms with van der Waals surface area (Å²) in [6, 6.07) is 0.720. The summed E-state index contributed by atoms with van der Waals surface area (Å²) in [4.78, 5) is 13.6. The van der Waals surface area contributed by atoms with E-state index in [1.165, 1.54) is 12.3 Å². The van der Waals surface area contributed by atoms with Gasteiger partial charge in [-0.15, -0.1) is 0 Å². The van der Waals surface area contributed by atoms with Crippen LogP contribution in [0.15, 0.2) is 23.6 Å². The monoisotopic (exact) mass is 154 g/mol. The molecule has 1 heterocycles. The third-order valence-corrected chi connectivity index (χ3v) is 1.37. The second kappa shape index (κ2) is 3.18. The molecule has 0 aliphatic rings. The Morgan fingerprint density at radius 2 is 2.36 bits per heavy atom. The van der Waals surface area contributed by atoms with Crippen LogP contribution in [-0.2, 0) is 0 Å². The summed E-state index contributed by atoms with van der Waals surface area (Å²) in [6.07, 6.45) is 2.51. The number of nitrogens with zero attached hydrogens (tertiary/aromatic N) is 2. The number of hydrogen-bond acceptors (Lipinski definition) is 3. The minimum atomic E-state index is -0.529. The molecule has 1 atom stereocenters. The van der Waals surface area contributed by atoms with Gasteiger partial charge in [-0.1, -0.05) is 5.18 Å². The van der Waals surface area contributed by atoms with E-state index in [9.17, 15) is 9.30 Å². The van der Waals surface area contributed by atoms with Crippen LogP contribution in [0.5, 0.6) is 0 Å². The van der Waals surface area contributed by atoms with E-state index in [1.807, 2.05) is 0 Å². The van der Waals surface area contributed by atoms with Gasteiger partial charge in [0.25, 0.3) is 0 Å². The molecule has 11 heavy (non-hydrogen) atoms. The molecule has 0 spiro atoms. The highest BCUT2D eigenvalue weighted by Crippen LogP contribution is 2.14. The largest absolute Gasteiger partial charge is 0.261 e. The van der Waals surface area contributed by atoms with Crippen molar-refractivity contribution in [2.24, 2.45) is 5.18 Å². The van der Waals surface area contributed by atoms with Crippen molar-refractivity contribution < 1.29 is 4.39 Å². The zero-order valence-corrected chi connectivity index (χ0v) is 5.99. The molecule has 0 aromatic carbocycles. The Balaban J connectivity index is 2.95. The zero-order chi connectivity index (χ0) is 8.27. The number of pyridine rings is 1. The molecule has 0 aliphatic carbocycles. The second-order valence-corrected chi connectivity index (χ2v) is 2.22. The van der Waals surface area contributed by atoms with E-state index in [4.69, 9.17) is 0 Å². The molecule has 0 radical (unpaired) electrons. The Hall–Kier alpha value is -1.32. The van der Waals surface area contributed by atoms with Gasteiger partial charge < -0.3 is 0 Å². The summed E-state index contributed by atoms with van der Waals surface area (Å²) in [5.74, 6) is -0.446. The van der Waals surface area contributed by atoms with E-state index < -0.39 is 11.9 Å². The van der Waals surface area contributed by atoms with Gasteiger partial charge in [0.1, 0.15) is 11.9 Å². The van der Waals surface area contributed by atoms with E-state index in [-0.39, 0.29) is 0 Å². The lowest BCUT2D eigenvalue weighted by Gasteiger charge is -1.99. The van der Waals surface area contributed by atoms with Crippen LogP contribution in [0.1, 0.15) is 18.5 Å². The van der Waals surface area contributed by atoms with Crippen LogP contribution in [0, 0.1) is 10.7 Å². The third kappa shape index (κ3) is 1.80. The summed E-state index contributed by atoms with van der Waals surface area (Å²) in [6.45, 7) is 1.59. The summed E-state index contributed by atoms with van der Waals surface area (Å²) in [5.41, 5.74) is 0.500. The first-order valence-corrected chi connectivity index (χ1v) is 3.17. The Labute approximate surface area is 63.2 Å². The molecule has 0 bridgehead atoms. The topological polar surface area (TPSA) is 42.3 Å². The van der Waals surface area contributed by atoms with Crippen LogP contribution in [0.25, 0.3) is 0 Å². The number of halogens is 1. The van der Waals surface area contributed by atoms with Crippen LogP contribution in [0.3, 0.4) is 0 Å². The predicted octanol–water partition coefficient (Wildman–Crippen LogP) is 2.05. The normalized spacial score (nSPS) is 12.5. The lowest BCUT2D eigenvalue weighted by molar-refractivity contribution is 0.614. The fourth-order valence-corrected chi connectivity index (χ4v) is 0.718. The minimum absolute atomic E-state index is 0.446. The molecule has 1 unspecified atom stereocenters. The Morgan fingerprint density at radius 1 is 1.64 bits per heavy atom. The second-order valence-electron chi connectivity index (χ2n) is 2.22. The van der Waals surface area contributed by atoms with Gasteiger partial charge in [-0.3, -0.25) is 4.98 Å². The molecule has 0 fully saturated rings. The average molecular weight is 154 g/mol. The molecular weight excluding hydrogens is 147 g/mol. The standard InChI is InChI=1S/C7H7FN2O/c1-5(10-11)6-2-7(8)4-9-3-6/h2-5H,1H3. The maximum Gasteiger partial charge on any atom is 0.141 e. The summed E-state index contributed by atoms with van der Waals surface area (Å²) < 4.78 is 12.5. The van der Waals surface area contributed by atoms with Crippen LogP contribution in [-0.4, -0.2) is 4.98 Å². The van der Waals surface area contributed by atoms with Crippen molar-refractivity contribution >= 4 is 0 Å². The maximum atomic E-state index is 12.5. The molecule has 4 heteroatoms. The Morgan fingerprint density at radius 3 is 2.91 bits per heavy atom. The SMILES string of the molecule is CC(N=O)c1cncc(F)c1. The van der Waals surface area contributed by atoms with E-state index >= 15 is 0 Å². The molecule has 0 saturated heterocycles. The average Bonchev–Trinajstić information content (AvgIpc) is 2.03. The van der Waals surface area contributed by atoms with Gasteiger partial charge in [-0.2, -0.15) is 4.91 Å². The van der Waals surface area contributed by atoms with Gasteiger partial charge in [0.15, 0.2) is 0 Å². The van der Waals surface area contributed by atoms with Gasteiger partial charge in [0.05, 0.1) is 6.20 Å². The van der Waals surface area contributed by atoms with E-state index in [2.05, 4.69) is 10.2 Å². The number of nitroso groups, excluding NO2 is 1. The van der Waals surface area contributed by atoms with Gasteiger partial charge in [0.2, 0.25) is 0 Å². The van der Waals surface area contributed by atoms with Crippen molar-refractivity contribution in [2.75, 3.05) is 0 Å². The van der Waals surface area contributed by atoms with E-state index in [1.54, 1.807) is 6.92 Å². The number of rotatable bonds is 2. The smallest absolute Gasteiger partial charge is 0.141 e. The molecular formula is C7H7FN2O. The van der Waals surface area contributed by atoms with E-state index in [0.717, 1.165) is 6.20 Å². The van der Waals surface area contributed by atoms with Gasteiger partial charge in [0, 0.05) is 11.8 Å². The molecule has 1 aromatic heterocycles. The van der Waals surface area contributed by atoms with Crippen LogP contribution >= 0.6 is 0 Å². The molecule has 0 amide bonds. The van der Waals surface area contributed by atoms with Gasteiger partial charge in [-0.25, -0.2) is 4.39 Å². The lowest BCUT2D eigenvalue weighted by atomic mass is 10.2. The fraction of sp³-hybridized carbons (Fsp3) is 0.286. The lowest BCUT2D eigenvalue weighted by Crippen LogP contribution is -1.90. The van der Waals surface area contributed by atoms with Crippen molar-refractivity contribution in [3.63, 3.8) is 0 Å². The van der Waals surface area contributed by atoms with E-state index in [0.29, 0.717) is 5.56 Å². The summed E-state index contributed by atoms with van der Waals surface area (Å²) in [5, 5.41) is 2.74. The molecule has 3 nitrogen and oxygen atoms in total. The van der Waals surface area contributed by atoms with Crippen LogP contribution in [0.2, 0.25) is 0 Å².